The Morgan fingerprint density at radius 3 is 2.50 bits per heavy atom. The van der Waals surface area contributed by atoms with Gasteiger partial charge in [-0.3, -0.25) is 4.79 Å². The van der Waals surface area contributed by atoms with Crippen LogP contribution in [0.3, 0.4) is 0 Å². The highest BCUT2D eigenvalue weighted by Gasteiger charge is 2.20. The molecular formula is C13H25NO2. The minimum atomic E-state index is 0.197. The molecular weight excluding hydrogens is 202 g/mol. The van der Waals surface area contributed by atoms with Gasteiger partial charge in [-0.1, -0.05) is 25.7 Å². The van der Waals surface area contributed by atoms with Crippen molar-refractivity contribution in [2.45, 2.75) is 64.3 Å². The number of nitrogens with one attached hydrogen (secondary N) is 1. The molecule has 0 aliphatic heterocycles. The summed E-state index contributed by atoms with van der Waals surface area (Å²) in [6, 6.07) is 0.197. The molecule has 1 rings (SSSR count). The third-order valence-electron chi connectivity index (χ3n) is 3.41. The zero-order valence-corrected chi connectivity index (χ0v) is 10.4. The van der Waals surface area contributed by atoms with E-state index in [2.05, 4.69) is 5.32 Å². The van der Waals surface area contributed by atoms with Gasteiger partial charge in [0.05, 0.1) is 0 Å². The number of hydrogen-bond donors (Lipinski definition) is 2. The van der Waals surface area contributed by atoms with E-state index in [1.54, 1.807) is 0 Å². The molecule has 1 fully saturated rings. The first kappa shape index (κ1) is 13.5. The number of aliphatic hydroxyl groups excluding tert-OH is 1. The van der Waals surface area contributed by atoms with Gasteiger partial charge in [-0.05, 0) is 32.6 Å². The molecule has 0 aromatic heterocycles. The average molecular weight is 227 g/mol. The minimum Gasteiger partial charge on any atom is -0.396 e. The number of hydrogen-bond acceptors (Lipinski definition) is 2. The first-order valence-electron chi connectivity index (χ1n) is 6.65. The van der Waals surface area contributed by atoms with Crippen molar-refractivity contribution in [1.29, 1.82) is 0 Å². The number of carbonyl (C=O) groups excluding carboxylic acids is 1. The van der Waals surface area contributed by atoms with Crippen LogP contribution in [0.1, 0.15) is 58.3 Å². The van der Waals surface area contributed by atoms with E-state index in [0.29, 0.717) is 0 Å². The van der Waals surface area contributed by atoms with Crippen LogP contribution >= 0.6 is 0 Å². The second-order valence-electron chi connectivity index (χ2n) is 4.96. The molecule has 94 valence electrons. The van der Waals surface area contributed by atoms with Gasteiger partial charge in [0.1, 0.15) is 0 Å². The quantitative estimate of drug-likeness (QED) is 0.708. The van der Waals surface area contributed by atoms with Gasteiger partial charge < -0.3 is 10.4 Å². The maximum Gasteiger partial charge on any atom is 0.223 e. The summed E-state index contributed by atoms with van der Waals surface area (Å²) in [5.74, 6) is 0.464. The zero-order chi connectivity index (χ0) is 11.8. The van der Waals surface area contributed by atoms with Gasteiger partial charge in [0.15, 0.2) is 0 Å². The summed E-state index contributed by atoms with van der Waals surface area (Å²) in [6.07, 6.45) is 8.71. The number of aliphatic hydroxyl groups is 1. The molecule has 2 N–H and O–H groups in total. The summed E-state index contributed by atoms with van der Waals surface area (Å²) in [6.45, 7) is 2.23. The highest BCUT2D eigenvalue weighted by molar-refractivity contribution is 5.78. The summed E-state index contributed by atoms with van der Waals surface area (Å²) in [5, 5.41) is 11.8. The lowest BCUT2D eigenvalue weighted by atomic mass is 9.99. The Morgan fingerprint density at radius 2 is 1.94 bits per heavy atom. The molecule has 3 nitrogen and oxygen atoms in total. The molecule has 3 heteroatoms. The summed E-state index contributed by atoms with van der Waals surface area (Å²) < 4.78 is 0. The van der Waals surface area contributed by atoms with Crippen LogP contribution in [0.25, 0.3) is 0 Å². The molecule has 1 atom stereocenters. The fourth-order valence-corrected chi connectivity index (χ4v) is 2.37. The Kier molecular flexibility index (Phi) is 6.46. The van der Waals surface area contributed by atoms with Gasteiger partial charge in [-0.25, -0.2) is 0 Å². The van der Waals surface area contributed by atoms with E-state index in [4.69, 9.17) is 5.11 Å². The molecule has 1 unspecified atom stereocenters. The lowest BCUT2D eigenvalue weighted by Crippen LogP contribution is -2.37. The molecule has 1 amide bonds. The van der Waals surface area contributed by atoms with Gasteiger partial charge >= 0.3 is 0 Å². The lowest BCUT2D eigenvalue weighted by Gasteiger charge is -2.18. The van der Waals surface area contributed by atoms with Gasteiger partial charge in [0.2, 0.25) is 5.91 Å². The van der Waals surface area contributed by atoms with Crippen LogP contribution in [0.5, 0.6) is 0 Å². The maximum atomic E-state index is 12.0. The molecule has 1 aliphatic carbocycles. The van der Waals surface area contributed by atoms with Crippen LogP contribution in [0.15, 0.2) is 0 Å². The van der Waals surface area contributed by atoms with Crippen molar-refractivity contribution >= 4 is 5.91 Å². The van der Waals surface area contributed by atoms with Crippen LogP contribution in [-0.4, -0.2) is 23.7 Å². The molecule has 0 spiro atoms. The summed E-state index contributed by atoms with van der Waals surface area (Å²) in [7, 11) is 0. The van der Waals surface area contributed by atoms with Crippen molar-refractivity contribution in [2.75, 3.05) is 6.61 Å². The fraction of sp³-hybridized carbons (Fsp3) is 0.923. The minimum absolute atomic E-state index is 0.197. The van der Waals surface area contributed by atoms with E-state index in [1.807, 2.05) is 6.92 Å². The van der Waals surface area contributed by atoms with E-state index < -0.39 is 0 Å². The largest absolute Gasteiger partial charge is 0.396 e. The van der Waals surface area contributed by atoms with Crippen molar-refractivity contribution in [1.82, 2.24) is 5.32 Å². The van der Waals surface area contributed by atoms with Crippen LogP contribution in [-0.2, 0) is 4.79 Å². The standard InChI is InChI=1S/C13H25NO2/c1-11(7-6-10-15)14-13(16)12-8-4-2-3-5-9-12/h11-12,15H,2-10H2,1H3,(H,14,16). The smallest absolute Gasteiger partial charge is 0.223 e. The van der Waals surface area contributed by atoms with Crippen molar-refractivity contribution < 1.29 is 9.90 Å². The van der Waals surface area contributed by atoms with Crippen LogP contribution < -0.4 is 5.32 Å². The van der Waals surface area contributed by atoms with Crippen molar-refractivity contribution in [2.24, 2.45) is 5.92 Å². The van der Waals surface area contributed by atoms with Gasteiger partial charge in [-0.2, -0.15) is 0 Å². The second kappa shape index (κ2) is 7.66. The lowest BCUT2D eigenvalue weighted by molar-refractivity contribution is -0.126. The summed E-state index contributed by atoms with van der Waals surface area (Å²) in [4.78, 5) is 12.0. The van der Waals surface area contributed by atoms with E-state index in [1.165, 1.54) is 25.7 Å². The highest BCUT2D eigenvalue weighted by Crippen LogP contribution is 2.23. The normalized spacial score (nSPS) is 20.1. The Hall–Kier alpha value is -0.570. The Bertz CT molecular complexity index is 198. The molecule has 0 aromatic rings. The van der Waals surface area contributed by atoms with E-state index >= 15 is 0 Å². The third kappa shape index (κ3) is 4.97. The number of carbonyl (C=O) groups is 1. The third-order valence-corrected chi connectivity index (χ3v) is 3.41. The Morgan fingerprint density at radius 1 is 1.31 bits per heavy atom. The predicted molar refractivity (Wildman–Crippen MR) is 65.1 cm³/mol. The number of rotatable bonds is 5. The fourth-order valence-electron chi connectivity index (χ4n) is 2.37. The second-order valence-corrected chi connectivity index (χ2v) is 4.96. The molecule has 0 bridgehead atoms. The van der Waals surface area contributed by atoms with Gasteiger partial charge in [-0.15, -0.1) is 0 Å². The van der Waals surface area contributed by atoms with Gasteiger partial charge in [0, 0.05) is 18.6 Å². The van der Waals surface area contributed by atoms with Crippen LogP contribution in [0.2, 0.25) is 0 Å². The van der Waals surface area contributed by atoms with Crippen LogP contribution in [0.4, 0.5) is 0 Å². The molecule has 0 radical (unpaired) electrons. The van der Waals surface area contributed by atoms with Gasteiger partial charge in [0.25, 0.3) is 0 Å². The van der Waals surface area contributed by atoms with E-state index in [0.717, 1.165) is 25.7 Å². The average Bonchev–Trinajstić information content (AvgIpc) is 2.54. The summed E-state index contributed by atoms with van der Waals surface area (Å²) >= 11 is 0. The first-order valence-corrected chi connectivity index (χ1v) is 6.65. The van der Waals surface area contributed by atoms with Crippen molar-refractivity contribution in [3.8, 4) is 0 Å². The van der Waals surface area contributed by atoms with Crippen molar-refractivity contribution in [3.05, 3.63) is 0 Å². The predicted octanol–water partition coefficient (Wildman–Crippen LogP) is 2.23. The Labute approximate surface area is 98.6 Å². The van der Waals surface area contributed by atoms with E-state index in [9.17, 15) is 4.79 Å². The Balaban J connectivity index is 2.26. The zero-order valence-electron chi connectivity index (χ0n) is 10.4. The van der Waals surface area contributed by atoms with Crippen molar-refractivity contribution in [3.63, 3.8) is 0 Å². The molecule has 0 saturated heterocycles. The van der Waals surface area contributed by atoms with E-state index in [-0.39, 0.29) is 24.5 Å². The molecule has 1 saturated carbocycles. The first-order chi connectivity index (χ1) is 7.74. The van der Waals surface area contributed by atoms with Crippen LogP contribution in [0, 0.1) is 5.92 Å². The molecule has 1 aliphatic rings. The maximum absolute atomic E-state index is 12.0. The summed E-state index contributed by atoms with van der Waals surface area (Å²) in [5.41, 5.74) is 0. The molecule has 16 heavy (non-hydrogen) atoms. The monoisotopic (exact) mass is 227 g/mol. The SMILES string of the molecule is CC(CCCO)NC(=O)C1CCCCCC1. The topological polar surface area (TPSA) is 49.3 Å². The number of amides is 1. The molecule has 0 aromatic carbocycles. The molecule has 0 heterocycles. The highest BCUT2D eigenvalue weighted by atomic mass is 16.2.